The molecule has 1 heterocycles. The quantitative estimate of drug-likeness (QED) is 0.848. The van der Waals surface area contributed by atoms with Gasteiger partial charge >= 0.3 is 6.01 Å². The molecule has 106 valence electrons. The normalized spacial score (nSPS) is 19.9. The van der Waals surface area contributed by atoms with Crippen molar-refractivity contribution in [3.8, 4) is 6.01 Å². The molecule has 1 aromatic heterocycles. The van der Waals surface area contributed by atoms with Crippen LogP contribution in [-0.4, -0.2) is 35.7 Å². The molecule has 1 fully saturated rings. The molecule has 6 heteroatoms. The number of nitrogens with zero attached hydrogens (tertiary/aromatic N) is 3. The van der Waals surface area contributed by atoms with E-state index >= 15 is 0 Å². The average Bonchev–Trinajstić information content (AvgIpc) is 2.76. The van der Waals surface area contributed by atoms with E-state index in [-0.39, 0.29) is 0 Å². The molecule has 0 unspecified atom stereocenters. The number of nitrogens with one attached hydrogen (secondary N) is 2. The van der Waals surface area contributed by atoms with Crippen LogP contribution in [0.5, 0.6) is 6.01 Å². The highest BCUT2D eigenvalue weighted by atomic mass is 16.5. The zero-order valence-electron chi connectivity index (χ0n) is 12.5. The highest BCUT2D eigenvalue weighted by Gasteiger charge is 2.64. The van der Waals surface area contributed by atoms with E-state index in [1.54, 1.807) is 14.2 Å². The Balaban J connectivity index is 2.05. The molecule has 0 saturated heterocycles. The molecular formula is C13H23N5O. The van der Waals surface area contributed by atoms with Crippen LogP contribution in [0.1, 0.15) is 27.7 Å². The molecule has 0 aromatic carbocycles. The maximum Gasteiger partial charge on any atom is 0.322 e. The van der Waals surface area contributed by atoms with Crippen LogP contribution >= 0.6 is 0 Å². The van der Waals surface area contributed by atoms with Crippen molar-refractivity contribution >= 4 is 11.9 Å². The molecule has 1 aliphatic carbocycles. The molecule has 0 amide bonds. The standard InChI is InChI=1S/C13H23N5O/c1-12(2)8(13(12,3)4)7-15-10-16-9(14-5)17-11(18-10)19-6/h8H,7H2,1-6H3,(H2,14,15,16,17,18). The van der Waals surface area contributed by atoms with Crippen molar-refractivity contribution in [1.82, 2.24) is 15.0 Å². The number of methoxy groups -OCH3 is 1. The van der Waals surface area contributed by atoms with E-state index in [1.165, 1.54) is 0 Å². The number of aromatic nitrogens is 3. The van der Waals surface area contributed by atoms with Crippen molar-refractivity contribution < 1.29 is 4.74 Å². The van der Waals surface area contributed by atoms with E-state index in [9.17, 15) is 0 Å². The molecule has 1 aromatic rings. The maximum absolute atomic E-state index is 5.06. The van der Waals surface area contributed by atoms with E-state index in [4.69, 9.17) is 4.74 Å². The first-order valence-corrected chi connectivity index (χ1v) is 6.54. The van der Waals surface area contributed by atoms with Crippen LogP contribution < -0.4 is 15.4 Å². The Labute approximate surface area is 114 Å². The highest BCUT2D eigenvalue weighted by molar-refractivity contribution is 5.36. The number of anilines is 2. The van der Waals surface area contributed by atoms with Gasteiger partial charge in [-0.25, -0.2) is 0 Å². The van der Waals surface area contributed by atoms with Crippen molar-refractivity contribution in [2.45, 2.75) is 27.7 Å². The van der Waals surface area contributed by atoms with Gasteiger partial charge in [0.2, 0.25) is 11.9 Å². The van der Waals surface area contributed by atoms with Crippen LogP contribution in [0.15, 0.2) is 0 Å². The third kappa shape index (κ3) is 2.31. The lowest BCUT2D eigenvalue weighted by Crippen LogP contribution is -2.12. The van der Waals surface area contributed by atoms with Gasteiger partial charge in [-0.3, -0.25) is 0 Å². The summed E-state index contributed by atoms with van der Waals surface area (Å²) in [5, 5.41) is 6.18. The molecule has 1 saturated carbocycles. The molecule has 19 heavy (non-hydrogen) atoms. The van der Waals surface area contributed by atoms with Gasteiger partial charge in [0.1, 0.15) is 0 Å². The first-order valence-electron chi connectivity index (χ1n) is 6.54. The Bertz CT molecular complexity index is 436. The molecule has 0 bridgehead atoms. The Hall–Kier alpha value is -1.59. The summed E-state index contributed by atoms with van der Waals surface area (Å²) in [6.07, 6.45) is 0. The predicted octanol–water partition coefficient (Wildman–Crippen LogP) is 2.02. The van der Waals surface area contributed by atoms with E-state index in [0.29, 0.717) is 34.7 Å². The van der Waals surface area contributed by atoms with Crippen molar-refractivity contribution in [1.29, 1.82) is 0 Å². The summed E-state index contributed by atoms with van der Waals surface area (Å²) in [4.78, 5) is 12.5. The van der Waals surface area contributed by atoms with Crippen molar-refractivity contribution in [3.63, 3.8) is 0 Å². The van der Waals surface area contributed by atoms with Crippen LogP contribution in [0.3, 0.4) is 0 Å². The monoisotopic (exact) mass is 265 g/mol. The van der Waals surface area contributed by atoms with E-state index in [2.05, 4.69) is 53.3 Å². The molecule has 2 rings (SSSR count). The van der Waals surface area contributed by atoms with E-state index < -0.39 is 0 Å². The molecule has 0 spiro atoms. The van der Waals surface area contributed by atoms with Crippen LogP contribution in [0, 0.1) is 16.7 Å². The summed E-state index contributed by atoms with van der Waals surface area (Å²) in [5.41, 5.74) is 0.700. The van der Waals surface area contributed by atoms with Gasteiger partial charge in [-0.2, -0.15) is 15.0 Å². The molecule has 6 nitrogen and oxygen atoms in total. The number of rotatable bonds is 5. The molecular weight excluding hydrogens is 242 g/mol. The Morgan fingerprint density at radius 1 is 1.05 bits per heavy atom. The summed E-state index contributed by atoms with van der Waals surface area (Å²) >= 11 is 0. The third-order valence-corrected chi connectivity index (χ3v) is 4.81. The minimum atomic E-state index is 0.316. The lowest BCUT2D eigenvalue weighted by Gasteiger charge is -2.08. The first-order chi connectivity index (χ1) is 8.82. The second-order valence-corrected chi connectivity index (χ2v) is 6.10. The summed E-state index contributed by atoms with van der Waals surface area (Å²) in [5.74, 6) is 1.67. The topological polar surface area (TPSA) is 72.0 Å². The lowest BCUT2D eigenvalue weighted by atomic mass is 10.0. The predicted molar refractivity (Wildman–Crippen MR) is 75.5 cm³/mol. The van der Waals surface area contributed by atoms with Crippen molar-refractivity contribution in [2.75, 3.05) is 31.3 Å². The summed E-state index contributed by atoms with van der Waals surface area (Å²) in [7, 11) is 3.32. The fraction of sp³-hybridized carbons (Fsp3) is 0.769. The van der Waals surface area contributed by atoms with Crippen molar-refractivity contribution in [2.24, 2.45) is 16.7 Å². The fourth-order valence-corrected chi connectivity index (χ4v) is 2.68. The van der Waals surface area contributed by atoms with Gasteiger partial charge in [-0.15, -0.1) is 0 Å². The van der Waals surface area contributed by atoms with Gasteiger partial charge in [0, 0.05) is 13.6 Å². The van der Waals surface area contributed by atoms with E-state index in [1.807, 2.05) is 0 Å². The summed E-state index contributed by atoms with van der Waals surface area (Å²) < 4.78 is 5.06. The smallest absolute Gasteiger partial charge is 0.322 e. The van der Waals surface area contributed by atoms with Crippen LogP contribution in [0.2, 0.25) is 0 Å². The van der Waals surface area contributed by atoms with Crippen LogP contribution in [0.25, 0.3) is 0 Å². The van der Waals surface area contributed by atoms with Crippen LogP contribution in [-0.2, 0) is 0 Å². The molecule has 2 N–H and O–H groups in total. The molecule has 0 atom stereocenters. The number of hydrogen-bond acceptors (Lipinski definition) is 6. The minimum Gasteiger partial charge on any atom is -0.467 e. The fourth-order valence-electron chi connectivity index (χ4n) is 2.68. The Morgan fingerprint density at radius 3 is 2.11 bits per heavy atom. The Morgan fingerprint density at radius 2 is 1.63 bits per heavy atom. The number of ether oxygens (including phenoxy) is 1. The highest BCUT2D eigenvalue weighted by Crippen LogP contribution is 2.68. The van der Waals surface area contributed by atoms with Gasteiger partial charge in [0.25, 0.3) is 0 Å². The molecule has 0 aliphatic heterocycles. The molecule has 1 aliphatic rings. The average molecular weight is 265 g/mol. The zero-order chi connectivity index (χ0) is 14.3. The third-order valence-electron chi connectivity index (χ3n) is 4.81. The van der Waals surface area contributed by atoms with E-state index in [0.717, 1.165) is 6.54 Å². The maximum atomic E-state index is 5.06. The Kier molecular flexibility index (Phi) is 3.28. The van der Waals surface area contributed by atoms with Crippen molar-refractivity contribution in [3.05, 3.63) is 0 Å². The van der Waals surface area contributed by atoms with Gasteiger partial charge < -0.3 is 15.4 Å². The lowest BCUT2D eigenvalue weighted by molar-refractivity contribution is 0.379. The van der Waals surface area contributed by atoms with Gasteiger partial charge in [0.05, 0.1) is 7.11 Å². The second-order valence-electron chi connectivity index (χ2n) is 6.10. The zero-order valence-corrected chi connectivity index (χ0v) is 12.5. The largest absolute Gasteiger partial charge is 0.467 e. The van der Waals surface area contributed by atoms with Gasteiger partial charge in [0.15, 0.2) is 0 Å². The molecule has 0 radical (unpaired) electrons. The SMILES string of the molecule is CNc1nc(NCC2C(C)(C)C2(C)C)nc(OC)n1. The van der Waals surface area contributed by atoms with Crippen LogP contribution in [0.4, 0.5) is 11.9 Å². The minimum absolute atomic E-state index is 0.316. The summed E-state index contributed by atoms with van der Waals surface area (Å²) in [6.45, 7) is 10.0. The second kappa shape index (κ2) is 4.51. The van der Waals surface area contributed by atoms with Gasteiger partial charge in [-0.1, -0.05) is 27.7 Å². The number of hydrogen-bond donors (Lipinski definition) is 2. The van der Waals surface area contributed by atoms with Gasteiger partial charge in [-0.05, 0) is 16.7 Å². The first kappa shape index (κ1) is 13.8. The summed E-state index contributed by atoms with van der Waals surface area (Å²) in [6, 6.07) is 0.316.